The van der Waals surface area contributed by atoms with E-state index in [1.807, 2.05) is 6.07 Å². The molecule has 0 unspecified atom stereocenters. The summed E-state index contributed by atoms with van der Waals surface area (Å²) in [4.78, 5) is 16.3. The Kier molecular flexibility index (Phi) is 5.99. The van der Waals surface area contributed by atoms with Crippen molar-refractivity contribution in [3.05, 3.63) is 48.0 Å². The Bertz CT molecular complexity index is 1000. The van der Waals surface area contributed by atoms with Gasteiger partial charge in [-0.2, -0.15) is 0 Å². The molecule has 2 aromatic carbocycles. The number of fused-ring (bicyclic) bond motifs is 1. The lowest BCUT2D eigenvalue weighted by molar-refractivity contribution is -0.254. The van der Waals surface area contributed by atoms with Gasteiger partial charge in [0.25, 0.3) is 0 Å². The van der Waals surface area contributed by atoms with Gasteiger partial charge in [-0.05, 0) is 36.8 Å². The first-order valence-electron chi connectivity index (χ1n) is 9.09. The van der Waals surface area contributed by atoms with Crippen LogP contribution in [-0.4, -0.2) is 31.8 Å². The SMILES string of the molecule is CCCCOc1ccc(-c2cc(C(=O)[O-])c3cccc(OC)c3n2)cc1OC. The van der Waals surface area contributed by atoms with Crippen LogP contribution in [0.1, 0.15) is 30.1 Å². The number of carboxylic acid groups (broad SMARTS) is 1. The molecule has 0 aliphatic carbocycles. The van der Waals surface area contributed by atoms with Crippen LogP contribution in [0.25, 0.3) is 22.2 Å². The van der Waals surface area contributed by atoms with Gasteiger partial charge in [0.15, 0.2) is 11.5 Å². The summed E-state index contributed by atoms with van der Waals surface area (Å²) in [6.45, 7) is 2.70. The number of benzene rings is 2. The zero-order chi connectivity index (χ0) is 20.1. The van der Waals surface area contributed by atoms with Crippen molar-refractivity contribution in [2.45, 2.75) is 19.8 Å². The van der Waals surface area contributed by atoms with Crippen LogP contribution in [0.3, 0.4) is 0 Å². The van der Waals surface area contributed by atoms with Gasteiger partial charge in [0.1, 0.15) is 11.3 Å². The van der Waals surface area contributed by atoms with E-state index in [-0.39, 0.29) is 5.56 Å². The average Bonchev–Trinajstić information content (AvgIpc) is 2.72. The quantitative estimate of drug-likeness (QED) is 0.557. The zero-order valence-electron chi connectivity index (χ0n) is 16.2. The summed E-state index contributed by atoms with van der Waals surface area (Å²) >= 11 is 0. The molecule has 0 N–H and O–H groups in total. The molecule has 3 rings (SSSR count). The lowest BCUT2D eigenvalue weighted by atomic mass is 10.0. The molecule has 0 atom stereocenters. The number of ether oxygens (including phenoxy) is 3. The molecule has 0 amide bonds. The standard InChI is InChI=1S/C22H23NO5/c1-4-5-11-28-18-10-9-14(12-20(18)27-3)17-13-16(22(24)25)15-7-6-8-19(26-2)21(15)23-17/h6-10,12-13H,4-5,11H2,1-3H3,(H,24,25)/p-1. The van der Waals surface area contributed by atoms with Crippen LogP contribution in [0, 0.1) is 0 Å². The first kappa shape index (κ1) is 19.5. The van der Waals surface area contributed by atoms with E-state index in [4.69, 9.17) is 14.2 Å². The molecule has 1 heterocycles. The molecule has 0 fully saturated rings. The summed E-state index contributed by atoms with van der Waals surface area (Å²) in [5, 5.41) is 12.2. The number of rotatable bonds is 8. The monoisotopic (exact) mass is 380 g/mol. The van der Waals surface area contributed by atoms with Crippen LogP contribution in [-0.2, 0) is 0 Å². The van der Waals surface area contributed by atoms with Crippen LogP contribution < -0.4 is 19.3 Å². The Balaban J connectivity index is 2.11. The minimum atomic E-state index is -1.27. The summed E-state index contributed by atoms with van der Waals surface area (Å²) < 4.78 is 16.6. The van der Waals surface area contributed by atoms with Crippen LogP contribution in [0.4, 0.5) is 0 Å². The Morgan fingerprint density at radius 2 is 1.82 bits per heavy atom. The minimum Gasteiger partial charge on any atom is -0.545 e. The second-order valence-electron chi connectivity index (χ2n) is 6.27. The zero-order valence-corrected chi connectivity index (χ0v) is 16.2. The molecule has 6 heteroatoms. The molecular weight excluding hydrogens is 358 g/mol. The second-order valence-corrected chi connectivity index (χ2v) is 6.27. The van der Waals surface area contributed by atoms with Crippen LogP contribution in [0.5, 0.6) is 17.2 Å². The van der Waals surface area contributed by atoms with Gasteiger partial charge < -0.3 is 24.1 Å². The summed E-state index contributed by atoms with van der Waals surface area (Å²) in [5.74, 6) is 0.422. The molecule has 0 saturated carbocycles. The van der Waals surface area contributed by atoms with E-state index >= 15 is 0 Å². The van der Waals surface area contributed by atoms with E-state index in [0.29, 0.717) is 46.0 Å². The fraction of sp³-hybridized carbons (Fsp3) is 0.273. The molecule has 0 bridgehead atoms. The van der Waals surface area contributed by atoms with Gasteiger partial charge in [-0.1, -0.05) is 25.5 Å². The van der Waals surface area contributed by atoms with Gasteiger partial charge in [-0.3, -0.25) is 0 Å². The van der Waals surface area contributed by atoms with Crippen molar-refractivity contribution < 1.29 is 24.1 Å². The van der Waals surface area contributed by atoms with Crippen molar-refractivity contribution in [2.75, 3.05) is 20.8 Å². The number of hydrogen-bond donors (Lipinski definition) is 0. The number of aromatic carboxylic acids is 1. The number of para-hydroxylation sites is 1. The highest BCUT2D eigenvalue weighted by Gasteiger charge is 2.14. The number of hydrogen-bond acceptors (Lipinski definition) is 6. The highest BCUT2D eigenvalue weighted by molar-refractivity contribution is 6.04. The normalized spacial score (nSPS) is 10.7. The molecule has 146 valence electrons. The number of pyridine rings is 1. The lowest BCUT2D eigenvalue weighted by Gasteiger charge is -2.15. The number of methoxy groups -OCH3 is 2. The first-order chi connectivity index (χ1) is 13.6. The number of nitrogens with zero attached hydrogens (tertiary/aromatic N) is 1. The average molecular weight is 380 g/mol. The van der Waals surface area contributed by atoms with E-state index in [2.05, 4.69) is 11.9 Å². The third-order valence-electron chi connectivity index (χ3n) is 4.46. The number of aromatic nitrogens is 1. The van der Waals surface area contributed by atoms with Gasteiger partial charge in [0.05, 0.1) is 32.5 Å². The Labute approximate surface area is 163 Å². The van der Waals surface area contributed by atoms with E-state index in [9.17, 15) is 9.90 Å². The molecule has 0 aliphatic heterocycles. The Morgan fingerprint density at radius 3 is 2.50 bits per heavy atom. The molecule has 0 aliphatic rings. The smallest absolute Gasteiger partial charge is 0.161 e. The molecule has 0 spiro atoms. The fourth-order valence-electron chi connectivity index (χ4n) is 2.98. The van der Waals surface area contributed by atoms with Crippen molar-refractivity contribution in [1.29, 1.82) is 0 Å². The molecule has 0 saturated heterocycles. The van der Waals surface area contributed by atoms with Crippen molar-refractivity contribution in [1.82, 2.24) is 4.98 Å². The maximum Gasteiger partial charge on any atom is 0.161 e. The van der Waals surface area contributed by atoms with Crippen molar-refractivity contribution in [3.8, 4) is 28.5 Å². The van der Waals surface area contributed by atoms with E-state index in [1.165, 1.54) is 13.2 Å². The maximum absolute atomic E-state index is 11.7. The van der Waals surface area contributed by atoms with Crippen molar-refractivity contribution in [2.24, 2.45) is 0 Å². The largest absolute Gasteiger partial charge is 0.545 e. The molecule has 28 heavy (non-hydrogen) atoms. The molecular formula is C22H22NO5-. The summed E-state index contributed by atoms with van der Waals surface area (Å²) in [7, 11) is 3.09. The summed E-state index contributed by atoms with van der Waals surface area (Å²) in [6, 6.07) is 12.1. The number of unbranched alkanes of at least 4 members (excludes halogenated alkanes) is 1. The third kappa shape index (κ3) is 3.86. The van der Waals surface area contributed by atoms with Gasteiger partial charge >= 0.3 is 0 Å². The predicted octanol–water partition coefficient (Wildman–Crippen LogP) is 3.46. The van der Waals surface area contributed by atoms with E-state index in [1.54, 1.807) is 37.4 Å². The second kappa shape index (κ2) is 8.61. The van der Waals surface area contributed by atoms with Crippen LogP contribution >= 0.6 is 0 Å². The van der Waals surface area contributed by atoms with Crippen LogP contribution in [0.15, 0.2) is 42.5 Å². The van der Waals surface area contributed by atoms with Crippen molar-refractivity contribution in [3.63, 3.8) is 0 Å². The maximum atomic E-state index is 11.7. The van der Waals surface area contributed by atoms with Crippen LogP contribution in [0.2, 0.25) is 0 Å². The fourth-order valence-corrected chi connectivity index (χ4v) is 2.98. The first-order valence-corrected chi connectivity index (χ1v) is 9.09. The topological polar surface area (TPSA) is 80.7 Å². The van der Waals surface area contributed by atoms with E-state index in [0.717, 1.165) is 12.8 Å². The summed E-state index contributed by atoms with van der Waals surface area (Å²) in [5.41, 5.74) is 1.70. The molecule has 1 aromatic heterocycles. The Morgan fingerprint density at radius 1 is 1.04 bits per heavy atom. The highest BCUT2D eigenvalue weighted by atomic mass is 16.5. The molecule has 3 aromatic rings. The highest BCUT2D eigenvalue weighted by Crippen LogP contribution is 2.35. The lowest BCUT2D eigenvalue weighted by Crippen LogP contribution is -2.22. The molecule has 0 radical (unpaired) electrons. The predicted molar refractivity (Wildman–Crippen MR) is 105 cm³/mol. The number of carbonyl (C=O) groups is 1. The summed E-state index contributed by atoms with van der Waals surface area (Å²) in [6.07, 6.45) is 1.99. The van der Waals surface area contributed by atoms with Gasteiger partial charge in [-0.25, -0.2) is 4.98 Å². The number of carbonyl (C=O) groups excluding carboxylic acids is 1. The van der Waals surface area contributed by atoms with Gasteiger partial charge in [-0.15, -0.1) is 0 Å². The van der Waals surface area contributed by atoms with Crippen molar-refractivity contribution >= 4 is 16.9 Å². The van der Waals surface area contributed by atoms with Gasteiger partial charge in [0.2, 0.25) is 0 Å². The Hall–Kier alpha value is -3.28. The minimum absolute atomic E-state index is 0.0566. The number of carboxylic acids is 1. The van der Waals surface area contributed by atoms with E-state index < -0.39 is 5.97 Å². The van der Waals surface area contributed by atoms with Gasteiger partial charge in [0, 0.05) is 16.5 Å². The third-order valence-corrected chi connectivity index (χ3v) is 4.46. The molecule has 6 nitrogen and oxygen atoms in total.